The number of carboxylic acid groups (broad SMARTS) is 1. The monoisotopic (exact) mass is 631 g/mol. The van der Waals surface area contributed by atoms with E-state index in [0.29, 0.717) is 43.5 Å². The lowest BCUT2D eigenvalue weighted by molar-refractivity contribution is -0.139. The molecule has 1 atom stereocenters. The average Bonchev–Trinajstić information content (AvgIpc) is 3.48. The zero-order chi connectivity index (χ0) is 32.6. The topological polar surface area (TPSA) is 131 Å². The van der Waals surface area contributed by atoms with Crippen LogP contribution in [0.25, 0.3) is 11.8 Å². The lowest BCUT2D eigenvalue weighted by Gasteiger charge is -2.26. The van der Waals surface area contributed by atoms with E-state index in [0.717, 1.165) is 17.0 Å². The molecule has 0 amide bonds. The summed E-state index contributed by atoms with van der Waals surface area (Å²) in [6, 6.07) is 11.1. The lowest BCUT2D eigenvalue weighted by atomic mass is 9.95. The number of aromatic carboxylic acids is 1. The third-order valence-electron chi connectivity index (χ3n) is 7.63. The molecule has 2 aromatic carbocycles. The standard InChI is InChI=1S/C33H33N3O8S/c1-8-44-32(40)27-18(3)34-33-36(28(27)22-14-24(41-5)29(43-7)25(15-22)42-6)30(37)26(45-33)16-21-12-17(2)35(19(21)4)23-11-9-10-20(13-23)31(38)39/h9-16,28H,8H2,1-7H3,(H,38,39)/b26-16-/t28-/m0/s1. The molecule has 0 saturated heterocycles. The Morgan fingerprint density at radius 2 is 1.71 bits per heavy atom. The fourth-order valence-electron chi connectivity index (χ4n) is 5.62. The third-order valence-corrected chi connectivity index (χ3v) is 8.61. The van der Waals surface area contributed by atoms with E-state index in [1.54, 1.807) is 50.3 Å². The molecule has 234 valence electrons. The first-order valence-electron chi connectivity index (χ1n) is 14.1. The van der Waals surface area contributed by atoms with Crippen LogP contribution in [0.5, 0.6) is 17.2 Å². The molecule has 0 fully saturated rings. The number of nitrogens with zero attached hydrogens (tertiary/aromatic N) is 3. The van der Waals surface area contributed by atoms with Crippen molar-refractivity contribution < 1.29 is 33.6 Å². The number of rotatable bonds is 9. The molecule has 0 radical (unpaired) electrons. The third kappa shape index (κ3) is 5.53. The van der Waals surface area contributed by atoms with Crippen molar-refractivity contribution in [2.24, 2.45) is 4.99 Å². The Balaban J connectivity index is 1.73. The van der Waals surface area contributed by atoms with Gasteiger partial charge in [-0.25, -0.2) is 14.6 Å². The highest BCUT2D eigenvalue weighted by Crippen LogP contribution is 2.42. The predicted molar refractivity (Wildman–Crippen MR) is 169 cm³/mol. The van der Waals surface area contributed by atoms with Gasteiger partial charge in [-0.1, -0.05) is 17.4 Å². The average molecular weight is 632 g/mol. The van der Waals surface area contributed by atoms with E-state index in [1.165, 1.54) is 37.2 Å². The minimum atomic E-state index is -1.01. The molecule has 11 nitrogen and oxygen atoms in total. The number of carboxylic acids is 1. The van der Waals surface area contributed by atoms with Crippen LogP contribution in [0.3, 0.4) is 0 Å². The first-order valence-corrected chi connectivity index (χ1v) is 14.9. The van der Waals surface area contributed by atoms with Crippen molar-refractivity contribution in [3.05, 3.63) is 102 Å². The number of methoxy groups -OCH3 is 3. The van der Waals surface area contributed by atoms with Crippen molar-refractivity contribution in [2.45, 2.75) is 33.7 Å². The Labute approximate surface area is 262 Å². The van der Waals surface area contributed by atoms with E-state index in [2.05, 4.69) is 4.99 Å². The zero-order valence-electron chi connectivity index (χ0n) is 26.0. The van der Waals surface area contributed by atoms with Gasteiger partial charge in [0.1, 0.15) is 0 Å². The number of hydrogen-bond acceptors (Lipinski definition) is 9. The largest absolute Gasteiger partial charge is 0.493 e. The molecule has 0 spiro atoms. The van der Waals surface area contributed by atoms with Crippen molar-refractivity contribution in [3.8, 4) is 22.9 Å². The zero-order valence-corrected chi connectivity index (χ0v) is 26.8. The van der Waals surface area contributed by atoms with Crippen LogP contribution in [0.4, 0.5) is 0 Å². The highest BCUT2D eigenvalue weighted by Gasteiger charge is 2.34. The molecule has 12 heteroatoms. The number of hydrogen-bond donors (Lipinski definition) is 1. The van der Waals surface area contributed by atoms with Gasteiger partial charge in [0.05, 0.1) is 55.3 Å². The smallest absolute Gasteiger partial charge is 0.338 e. The van der Waals surface area contributed by atoms with E-state index >= 15 is 0 Å². The second-order valence-electron chi connectivity index (χ2n) is 10.3. The van der Waals surface area contributed by atoms with Crippen LogP contribution in [0.2, 0.25) is 0 Å². The predicted octanol–water partition coefficient (Wildman–Crippen LogP) is 3.93. The lowest BCUT2D eigenvalue weighted by Crippen LogP contribution is -2.40. The second kappa shape index (κ2) is 12.5. The molecule has 5 rings (SSSR count). The van der Waals surface area contributed by atoms with Crippen molar-refractivity contribution in [3.63, 3.8) is 0 Å². The fourth-order valence-corrected chi connectivity index (χ4v) is 6.65. The summed E-state index contributed by atoms with van der Waals surface area (Å²) in [5.74, 6) is -0.491. The number of allylic oxidation sites excluding steroid dienone is 1. The van der Waals surface area contributed by atoms with Gasteiger partial charge in [-0.05, 0) is 81.3 Å². The van der Waals surface area contributed by atoms with Crippen LogP contribution in [-0.4, -0.2) is 54.1 Å². The van der Waals surface area contributed by atoms with Gasteiger partial charge in [0.2, 0.25) is 5.75 Å². The molecule has 0 saturated carbocycles. The summed E-state index contributed by atoms with van der Waals surface area (Å²) in [4.78, 5) is 44.2. The fraction of sp³-hybridized carbons (Fsp3) is 0.273. The number of esters is 1. The Bertz CT molecular complexity index is 2020. The maximum Gasteiger partial charge on any atom is 0.338 e. The Morgan fingerprint density at radius 1 is 1.02 bits per heavy atom. The van der Waals surface area contributed by atoms with Crippen LogP contribution in [0.1, 0.15) is 52.8 Å². The van der Waals surface area contributed by atoms with Gasteiger partial charge in [0.15, 0.2) is 16.3 Å². The van der Waals surface area contributed by atoms with Crippen molar-refractivity contribution >= 4 is 29.4 Å². The number of ether oxygens (including phenoxy) is 4. The maximum atomic E-state index is 14.2. The molecule has 2 aromatic heterocycles. The number of benzene rings is 2. The van der Waals surface area contributed by atoms with Gasteiger partial charge < -0.3 is 28.6 Å². The van der Waals surface area contributed by atoms with E-state index in [4.69, 9.17) is 18.9 Å². The SMILES string of the molecule is CCOC(=O)C1=C(C)N=c2s/c(=C\c3cc(C)n(-c4cccc(C(=O)O)c4)c3C)c(=O)n2[C@H]1c1cc(OC)c(OC)c(OC)c1. The van der Waals surface area contributed by atoms with E-state index in [-0.39, 0.29) is 23.3 Å². The maximum absolute atomic E-state index is 14.2. The van der Waals surface area contributed by atoms with Crippen LogP contribution in [0.15, 0.2) is 63.5 Å². The summed E-state index contributed by atoms with van der Waals surface area (Å²) >= 11 is 1.21. The minimum Gasteiger partial charge on any atom is -0.493 e. The highest BCUT2D eigenvalue weighted by atomic mass is 32.1. The van der Waals surface area contributed by atoms with Crippen LogP contribution in [0, 0.1) is 13.8 Å². The molecule has 4 aromatic rings. The number of carbonyl (C=O) groups is 2. The molecule has 45 heavy (non-hydrogen) atoms. The molecule has 0 bridgehead atoms. The quantitative estimate of drug-likeness (QED) is 0.275. The van der Waals surface area contributed by atoms with E-state index < -0.39 is 18.0 Å². The molecule has 0 unspecified atom stereocenters. The summed E-state index contributed by atoms with van der Waals surface area (Å²) < 4.78 is 25.9. The van der Waals surface area contributed by atoms with Crippen LogP contribution >= 0.6 is 11.3 Å². The van der Waals surface area contributed by atoms with Gasteiger partial charge >= 0.3 is 11.9 Å². The van der Waals surface area contributed by atoms with Gasteiger partial charge in [-0.3, -0.25) is 9.36 Å². The molecular formula is C33H33N3O8S. The molecule has 1 aliphatic heterocycles. The van der Waals surface area contributed by atoms with Crippen LogP contribution in [-0.2, 0) is 9.53 Å². The molecule has 0 aliphatic carbocycles. The molecule has 3 heterocycles. The Morgan fingerprint density at radius 3 is 2.31 bits per heavy atom. The normalized spacial score (nSPS) is 14.6. The first kappa shape index (κ1) is 31.3. The molecule has 1 N–H and O–H groups in total. The van der Waals surface area contributed by atoms with Crippen LogP contribution < -0.4 is 29.1 Å². The number of fused-ring (bicyclic) bond motifs is 1. The van der Waals surface area contributed by atoms with Gasteiger partial charge in [-0.2, -0.15) is 0 Å². The number of carbonyl (C=O) groups excluding carboxylic acids is 1. The summed E-state index contributed by atoms with van der Waals surface area (Å²) in [7, 11) is 4.49. The molecule has 1 aliphatic rings. The molecular weight excluding hydrogens is 598 g/mol. The Hall–Kier alpha value is -5.10. The summed E-state index contributed by atoms with van der Waals surface area (Å²) in [6.07, 6.45) is 1.79. The summed E-state index contributed by atoms with van der Waals surface area (Å²) in [5.41, 5.74) is 4.20. The van der Waals surface area contributed by atoms with Gasteiger partial charge in [0, 0.05) is 17.1 Å². The second-order valence-corrected chi connectivity index (χ2v) is 11.3. The highest BCUT2D eigenvalue weighted by molar-refractivity contribution is 7.07. The van der Waals surface area contributed by atoms with E-state index in [9.17, 15) is 19.5 Å². The van der Waals surface area contributed by atoms with Gasteiger partial charge in [-0.15, -0.1) is 0 Å². The van der Waals surface area contributed by atoms with Crippen molar-refractivity contribution in [2.75, 3.05) is 27.9 Å². The first-order chi connectivity index (χ1) is 21.5. The summed E-state index contributed by atoms with van der Waals surface area (Å²) in [6.45, 7) is 7.40. The van der Waals surface area contributed by atoms with E-state index in [1.807, 2.05) is 30.5 Å². The minimum absolute atomic E-state index is 0.146. The Kier molecular flexibility index (Phi) is 8.69. The van der Waals surface area contributed by atoms with Crippen molar-refractivity contribution in [1.29, 1.82) is 0 Å². The van der Waals surface area contributed by atoms with Crippen molar-refractivity contribution in [1.82, 2.24) is 9.13 Å². The number of aryl methyl sites for hydroxylation is 1. The van der Waals surface area contributed by atoms with Gasteiger partial charge in [0.25, 0.3) is 5.56 Å². The number of thiazole rings is 1. The number of aromatic nitrogens is 2. The summed E-state index contributed by atoms with van der Waals surface area (Å²) in [5, 5.41) is 9.48.